The summed E-state index contributed by atoms with van der Waals surface area (Å²) in [7, 11) is 4.64. The van der Waals surface area contributed by atoms with E-state index in [4.69, 9.17) is 14.2 Å². The van der Waals surface area contributed by atoms with Crippen molar-refractivity contribution in [1.29, 1.82) is 0 Å². The molecule has 0 amide bonds. The predicted octanol–water partition coefficient (Wildman–Crippen LogP) is 2.96. The van der Waals surface area contributed by atoms with E-state index in [0.717, 1.165) is 27.7 Å². The highest BCUT2D eigenvalue weighted by Crippen LogP contribution is 2.38. The van der Waals surface area contributed by atoms with E-state index in [2.05, 4.69) is 16.4 Å². The summed E-state index contributed by atoms with van der Waals surface area (Å²) in [6.07, 6.45) is 0.579. The standard InChI is InChI=1S/C21H22N2O4/c1-25-17-9-8-12(10-18(17)26-2)19-20-14(11-16(23-19)21(24)27-3)13-6-4-5-7-15(13)22-20/h4-10,16,19,22-23H,11H2,1-3H3. The number of hydrogen-bond donors (Lipinski definition) is 2. The molecule has 27 heavy (non-hydrogen) atoms. The molecule has 4 rings (SSSR count). The molecule has 0 saturated carbocycles. The van der Waals surface area contributed by atoms with E-state index in [1.165, 1.54) is 7.11 Å². The lowest BCUT2D eigenvalue weighted by Gasteiger charge is -2.30. The molecule has 0 bridgehead atoms. The van der Waals surface area contributed by atoms with Crippen molar-refractivity contribution < 1.29 is 19.0 Å². The van der Waals surface area contributed by atoms with Gasteiger partial charge in [-0.25, -0.2) is 0 Å². The largest absolute Gasteiger partial charge is 0.493 e. The highest BCUT2D eigenvalue weighted by Gasteiger charge is 2.34. The summed E-state index contributed by atoms with van der Waals surface area (Å²) in [6.45, 7) is 0. The molecular formula is C21H22N2O4. The van der Waals surface area contributed by atoms with E-state index in [1.807, 2.05) is 36.4 Å². The lowest BCUT2D eigenvalue weighted by molar-refractivity contribution is -0.143. The van der Waals surface area contributed by atoms with Crippen LogP contribution >= 0.6 is 0 Å². The number of rotatable bonds is 4. The van der Waals surface area contributed by atoms with E-state index < -0.39 is 6.04 Å². The first kappa shape index (κ1) is 17.4. The van der Waals surface area contributed by atoms with Gasteiger partial charge in [-0.1, -0.05) is 24.3 Å². The minimum atomic E-state index is -0.417. The first-order valence-electron chi connectivity index (χ1n) is 8.81. The van der Waals surface area contributed by atoms with Gasteiger partial charge in [0, 0.05) is 23.0 Å². The lowest BCUT2D eigenvalue weighted by atomic mass is 9.90. The summed E-state index contributed by atoms with van der Waals surface area (Å²) in [5.74, 6) is 1.05. The van der Waals surface area contributed by atoms with Crippen molar-refractivity contribution >= 4 is 16.9 Å². The first-order valence-corrected chi connectivity index (χ1v) is 8.81. The van der Waals surface area contributed by atoms with E-state index in [1.54, 1.807) is 14.2 Å². The molecule has 6 nitrogen and oxygen atoms in total. The number of aromatic nitrogens is 1. The van der Waals surface area contributed by atoms with E-state index >= 15 is 0 Å². The zero-order valence-electron chi connectivity index (χ0n) is 15.5. The van der Waals surface area contributed by atoms with Crippen molar-refractivity contribution in [2.45, 2.75) is 18.5 Å². The lowest BCUT2D eigenvalue weighted by Crippen LogP contribution is -2.45. The van der Waals surface area contributed by atoms with Crippen LogP contribution in [0.5, 0.6) is 11.5 Å². The Kier molecular flexibility index (Phi) is 4.49. The number of H-pyrrole nitrogens is 1. The van der Waals surface area contributed by atoms with Gasteiger partial charge in [-0.3, -0.25) is 10.1 Å². The molecule has 0 spiro atoms. The predicted molar refractivity (Wildman–Crippen MR) is 102 cm³/mol. The molecule has 140 valence electrons. The molecule has 6 heteroatoms. The molecular weight excluding hydrogens is 344 g/mol. The van der Waals surface area contributed by atoms with Gasteiger partial charge in [0.25, 0.3) is 0 Å². The van der Waals surface area contributed by atoms with Crippen LogP contribution in [0.2, 0.25) is 0 Å². The van der Waals surface area contributed by atoms with Gasteiger partial charge in [0.15, 0.2) is 11.5 Å². The average molecular weight is 366 g/mol. The fourth-order valence-electron chi connectivity index (χ4n) is 3.82. The fourth-order valence-corrected chi connectivity index (χ4v) is 3.82. The van der Waals surface area contributed by atoms with Crippen molar-refractivity contribution in [1.82, 2.24) is 10.3 Å². The van der Waals surface area contributed by atoms with Crippen LogP contribution < -0.4 is 14.8 Å². The molecule has 2 unspecified atom stereocenters. The van der Waals surface area contributed by atoms with Crippen LogP contribution in [0, 0.1) is 0 Å². The maximum Gasteiger partial charge on any atom is 0.323 e. The van der Waals surface area contributed by atoms with Crippen LogP contribution in [0.15, 0.2) is 42.5 Å². The van der Waals surface area contributed by atoms with Gasteiger partial charge in [-0.2, -0.15) is 0 Å². The van der Waals surface area contributed by atoms with Crippen LogP contribution in [0.25, 0.3) is 10.9 Å². The number of benzene rings is 2. The van der Waals surface area contributed by atoms with Crippen LogP contribution in [0.4, 0.5) is 0 Å². The fraction of sp³-hybridized carbons (Fsp3) is 0.286. The third-order valence-electron chi connectivity index (χ3n) is 5.14. The van der Waals surface area contributed by atoms with Gasteiger partial charge >= 0.3 is 5.97 Å². The number of aromatic amines is 1. The summed E-state index contributed by atoms with van der Waals surface area (Å²) in [6, 6.07) is 13.3. The van der Waals surface area contributed by atoms with Crippen LogP contribution in [0.3, 0.4) is 0 Å². The summed E-state index contributed by atoms with van der Waals surface area (Å²) in [4.78, 5) is 15.8. The molecule has 2 atom stereocenters. The van der Waals surface area contributed by atoms with Crippen molar-refractivity contribution in [3.8, 4) is 11.5 Å². The number of hydrogen-bond acceptors (Lipinski definition) is 5. The Bertz CT molecular complexity index is 995. The average Bonchev–Trinajstić information content (AvgIpc) is 3.10. The first-order chi connectivity index (χ1) is 13.2. The van der Waals surface area contributed by atoms with Gasteiger partial charge in [-0.05, 0) is 29.3 Å². The van der Waals surface area contributed by atoms with Crippen molar-refractivity contribution in [2.24, 2.45) is 0 Å². The quantitative estimate of drug-likeness (QED) is 0.695. The second kappa shape index (κ2) is 6.96. The number of carbonyl (C=O) groups is 1. The van der Waals surface area contributed by atoms with E-state index in [-0.39, 0.29) is 12.0 Å². The Morgan fingerprint density at radius 1 is 1.04 bits per heavy atom. The Hall–Kier alpha value is -2.99. The summed E-state index contributed by atoms with van der Waals surface area (Å²) >= 11 is 0. The topological polar surface area (TPSA) is 72.6 Å². The van der Waals surface area contributed by atoms with Gasteiger partial charge in [0.1, 0.15) is 6.04 Å². The molecule has 3 aromatic rings. The third-order valence-corrected chi connectivity index (χ3v) is 5.14. The third kappa shape index (κ3) is 2.92. The molecule has 0 radical (unpaired) electrons. The summed E-state index contributed by atoms with van der Waals surface area (Å²) < 4.78 is 15.8. The maximum absolute atomic E-state index is 12.3. The number of para-hydroxylation sites is 1. The molecule has 0 saturated heterocycles. The van der Waals surface area contributed by atoms with Gasteiger partial charge in [-0.15, -0.1) is 0 Å². The van der Waals surface area contributed by atoms with Crippen LogP contribution in [-0.2, 0) is 16.0 Å². The van der Waals surface area contributed by atoms with E-state index in [0.29, 0.717) is 17.9 Å². The molecule has 1 aliphatic rings. The van der Waals surface area contributed by atoms with Gasteiger partial charge in [0.2, 0.25) is 0 Å². The van der Waals surface area contributed by atoms with E-state index in [9.17, 15) is 4.79 Å². The second-order valence-corrected chi connectivity index (χ2v) is 6.56. The zero-order valence-corrected chi connectivity index (χ0v) is 15.5. The molecule has 2 heterocycles. The molecule has 0 fully saturated rings. The number of carbonyl (C=O) groups excluding carboxylic acids is 1. The Labute approximate surface area is 157 Å². The number of nitrogens with one attached hydrogen (secondary N) is 2. The summed E-state index contributed by atoms with van der Waals surface area (Å²) in [5.41, 5.74) is 4.23. The van der Waals surface area contributed by atoms with Gasteiger partial charge in [0.05, 0.1) is 27.4 Å². The molecule has 1 aromatic heterocycles. The minimum absolute atomic E-state index is 0.190. The molecule has 2 N–H and O–H groups in total. The SMILES string of the molecule is COC(=O)C1Cc2c([nH]c3ccccc23)C(c2ccc(OC)c(OC)c2)N1. The smallest absolute Gasteiger partial charge is 0.323 e. The highest BCUT2D eigenvalue weighted by atomic mass is 16.5. The van der Waals surface area contributed by atoms with Crippen molar-refractivity contribution in [3.63, 3.8) is 0 Å². The van der Waals surface area contributed by atoms with Crippen LogP contribution in [-0.4, -0.2) is 38.3 Å². The maximum atomic E-state index is 12.3. The normalized spacial score (nSPS) is 18.8. The molecule has 1 aliphatic heterocycles. The Morgan fingerprint density at radius 2 is 1.81 bits per heavy atom. The number of ether oxygens (including phenoxy) is 3. The minimum Gasteiger partial charge on any atom is -0.493 e. The number of esters is 1. The molecule has 0 aliphatic carbocycles. The number of methoxy groups -OCH3 is 3. The monoisotopic (exact) mass is 366 g/mol. The van der Waals surface area contributed by atoms with Gasteiger partial charge < -0.3 is 19.2 Å². The van der Waals surface area contributed by atoms with Crippen molar-refractivity contribution in [3.05, 3.63) is 59.3 Å². The number of fused-ring (bicyclic) bond motifs is 3. The van der Waals surface area contributed by atoms with Crippen LogP contribution in [0.1, 0.15) is 22.9 Å². The second-order valence-electron chi connectivity index (χ2n) is 6.56. The Morgan fingerprint density at radius 3 is 2.56 bits per heavy atom. The zero-order chi connectivity index (χ0) is 19.0. The summed E-state index contributed by atoms with van der Waals surface area (Å²) in [5, 5.41) is 4.56. The molecule has 2 aromatic carbocycles. The van der Waals surface area contributed by atoms with Crippen molar-refractivity contribution in [2.75, 3.05) is 21.3 Å². The highest BCUT2D eigenvalue weighted by molar-refractivity contribution is 5.87. The Balaban J connectivity index is 1.86.